The molecule has 29 heavy (non-hydrogen) atoms. The predicted molar refractivity (Wildman–Crippen MR) is 115 cm³/mol. The minimum atomic E-state index is -0.489. The highest BCUT2D eigenvalue weighted by Gasteiger charge is 2.26. The zero-order chi connectivity index (χ0) is 21.6. The van der Waals surface area contributed by atoms with Crippen molar-refractivity contribution in [3.05, 3.63) is 29.8 Å². The first-order chi connectivity index (χ1) is 13.6. The molecule has 0 spiro atoms. The molecule has 0 aromatic heterocycles. The molecular weight excluding hydrogens is 370 g/mol. The Kier molecular flexibility index (Phi) is 7.73. The number of hydrogen-bond donors (Lipinski definition) is 1. The largest absolute Gasteiger partial charge is 0.497 e. The lowest BCUT2D eigenvalue weighted by atomic mass is 10.1. The van der Waals surface area contributed by atoms with Crippen molar-refractivity contribution in [1.29, 1.82) is 0 Å². The molecule has 0 aliphatic carbocycles. The summed E-state index contributed by atoms with van der Waals surface area (Å²) in [5, 5.41) is 0. The van der Waals surface area contributed by atoms with Crippen molar-refractivity contribution in [2.45, 2.75) is 32.4 Å². The Morgan fingerprint density at radius 1 is 1.14 bits per heavy atom. The minimum absolute atomic E-state index is 0.113. The summed E-state index contributed by atoms with van der Waals surface area (Å²) in [7, 11) is 5.71. The molecule has 1 aromatic rings. The molecule has 1 aliphatic rings. The van der Waals surface area contributed by atoms with Crippen LogP contribution in [0.25, 0.3) is 0 Å². The quantitative estimate of drug-likeness (QED) is 0.597. The van der Waals surface area contributed by atoms with Gasteiger partial charge in [-0.3, -0.25) is 4.99 Å². The number of piperazine rings is 1. The number of carbonyl (C=O) groups is 1. The van der Waals surface area contributed by atoms with E-state index in [1.807, 2.05) is 51.9 Å². The normalized spacial score (nSPS) is 16.7. The first kappa shape index (κ1) is 22.8. The maximum absolute atomic E-state index is 12.2. The maximum atomic E-state index is 12.2. The van der Waals surface area contributed by atoms with Gasteiger partial charge < -0.3 is 29.9 Å². The van der Waals surface area contributed by atoms with Gasteiger partial charge in [-0.1, -0.05) is 12.1 Å². The molecular formula is C21H35N5O3. The predicted octanol–water partition coefficient (Wildman–Crippen LogP) is 2.17. The molecule has 1 heterocycles. The molecule has 1 amide bonds. The Morgan fingerprint density at radius 2 is 1.69 bits per heavy atom. The van der Waals surface area contributed by atoms with Crippen molar-refractivity contribution in [1.82, 2.24) is 14.7 Å². The summed E-state index contributed by atoms with van der Waals surface area (Å²) in [6, 6.07) is 8.12. The molecule has 8 nitrogen and oxygen atoms in total. The number of hydrogen-bond acceptors (Lipinski definition) is 5. The van der Waals surface area contributed by atoms with Crippen molar-refractivity contribution in [3.8, 4) is 5.75 Å². The highest BCUT2D eigenvalue weighted by molar-refractivity contribution is 5.78. The summed E-state index contributed by atoms with van der Waals surface area (Å²) in [4.78, 5) is 22.7. The van der Waals surface area contributed by atoms with Crippen LogP contribution in [0.1, 0.15) is 32.4 Å². The van der Waals surface area contributed by atoms with Crippen LogP contribution in [0.15, 0.2) is 29.3 Å². The second kappa shape index (κ2) is 9.82. The Hall–Kier alpha value is -2.48. The molecule has 1 fully saturated rings. The van der Waals surface area contributed by atoms with Gasteiger partial charge in [-0.05, 0) is 52.6 Å². The second-order valence-electron chi connectivity index (χ2n) is 8.41. The number of ether oxygens (including phenoxy) is 2. The molecule has 162 valence electrons. The maximum Gasteiger partial charge on any atom is 0.410 e. The molecule has 2 N–H and O–H groups in total. The van der Waals surface area contributed by atoms with Crippen LogP contribution in [-0.4, -0.2) is 86.3 Å². The summed E-state index contributed by atoms with van der Waals surface area (Å²) in [6.45, 7) is 8.59. The zero-order valence-corrected chi connectivity index (χ0v) is 18.5. The fraction of sp³-hybridized carbons (Fsp3) is 0.619. The van der Waals surface area contributed by atoms with Crippen molar-refractivity contribution in [3.63, 3.8) is 0 Å². The van der Waals surface area contributed by atoms with Crippen LogP contribution in [0, 0.1) is 0 Å². The SMILES string of the molecule is COc1ccc(C(CN=C(N)N2CCN(C(=O)OC(C)(C)C)CC2)N(C)C)cc1. The average molecular weight is 406 g/mol. The Bertz CT molecular complexity index is 689. The van der Waals surface area contributed by atoms with Crippen LogP contribution in [0.2, 0.25) is 0 Å². The lowest BCUT2D eigenvalue weighted by molar-refractivity contribution is 0.0186. The van der Waals surface area contributed by atoms with E-state index in [9.17, 15) is 4.79 Å². The van der Waals surface area contributed by atoms with Gasteiger partial charge in [-0.25, -0.2) is 4.79 Å². The number of guanidine groups is 1. The Morgan fingerprint density at radius 3 is 2.17 bits per heavy atom. The number of aliphatic imine (C=N–C) groups is 1. The molecule has 1 unspecified atom stereocenters. The number of likely N-dealkylation sites (N-methyl/N-ethyl adjacent to an activating group) is 1. The molecule has 8 heteroatoms. The summed E-state index contributed by atoms with van der Waals surface area (Å²) in [5.41, 5.74) is 6.91. The number of nitrogens with zero attached hydrogens (tertiary/aromatic N) is 4. The first-order valence-electron chi connectivity index (χ1n) is 9.94. The highest BCUT2D eigenvalue weighted by Crippen LogP contribution is 2.21. The molecule has 0 saturated carbocycles. The smallest absolute Gasteiger partial charge is 0.410 e. The molecule has 1 atom stereocenters. The molecule has 2 rings (SSSR count). The minimum Gasteiger partial charge on any atom is -0.497 e. The Balaban J connectivity index is 1.93. The van der Waals surface area contributed by atoms with E-state index < -0.39 is 5.60 Å². The highest BCUT2D eigenvalue weighted by atomic mass is 16.6. The van der Waals surface area contributed by atoms with Crippen LogP contribution >= 0.6 is 0 Å². The van der Waals surface area contributed by atoms with E-state index in [0.717, 1.165) is 11.3 Å². The van der Waals surface area contributed by atoms with Crippen LogP contribution in [0.3, 0.4) is 0 Å². The third-order valence-electron chi connectivity index (χ3n) is 4.81. The van der Waals surface area contributed by atoms with Gasteiger partial charge in [0.15, 0.2) is 5.96 Å². The van der Waals surface area contributed by atoms with E-state index in [4.69, 9.17) is 15.2 Å². The van der Waals surface area contributed by atoms with E-state index >= 15 is 0 Å². The van der Waals surface area contributed by atoms with Crippen LogP contribution in [0.5, 0.6) is 5.75 Å². The first-order valence-corrected chi connectivity index (χ1v) is 9.94. The van der Waals surface area contributed by atoms with Crippen LogP contribution in [-0.2, 0) is 4.74 Å². The molecule has 0 radical (unpaired) electrons. The van der Waals surface area contributed by atoms with Crippen LogP contribution < -0.4 is 10.5 Å². The average Bonchev–Trinajstić information content (AvgIpc) is 2.67. The number of amides is 1. The molecule has 0 bridgehead atoms. The summed E-state index contributed by atoms with van der Waals surface area (Å²) in [5.74, 6) is 1.34. The summed E-state index contributed by atoms with van der Waals surface area (Å²) in [6.07, 6.45) is -0.278. The zero-order valence-electron chi connectivity index (χ0n) is 18.5. The number of methoxy groups -OCH3 is 1. The molecule has 1 saturated heterocycles. The lowest BCUT2D eigenvalue weighted by Crippen LogP contribution is -2.53. The third-order valence-corrected chi connectivity index (χ3v) is 4.81. The number of benzene rings is 1. The number of nitrogens with two attached hydrogens (primary N) is 1. The third kappa shape index (κ3) is 6.81. The van der Waals surface area contributed by atoms with Gasteiger partial charge in [-0.2, -0.15) is 0 Å². The second-order valence-corrected chi connectivity index (χ2v) is 8.41. The fourth-order valence-electron chi connectivity index (χ4n) is 3.12. The van der Waals surface area contributed by atoms with E-state index in [2.05, 4.69) is 22.0 Å². The van der Waals surface area contributed by atoms with E-state index in [1.165, 1.54) is 0 Å². The molecule has 1 aromatic carbocycles. The van der Waals surface area contributed by atoms with Gasteiger partial charge in [0, 0.05) is 26.2 Å². The van der Waals surface area contributed by atoms with Gasteiger partial charge in [-0.15, -0.1) is 0 Å². The van der Waals surface area contributed by atoms with Gasteiger partial charge in [0.05, 0.1) is 19.7 Å². The topological polar surface area (TPSA) is 83.6 Å². The standard InChI is InChI=1S/C21H35N5O3/c1-21(2,3)29-20(27)26-13-11-25(12-14-26)19(22)23-15-18(24(4)5)16-7-9-17(28-6)10-8-16/h7-10,18H,11-15H2,1-6H3,(H2,22,23). The van der Waals surface area contributed by atoms with E-state index in [1.54, 1.807) is 12.0 Å². The van der Waals surface area contributed by atoms with Crippen LogP contribution in [0.4, 0.5) is 4.79 Å². The van der Waals surface area contributed by atoms with Crippen molar-refractivity contribution >= 4 is 12.1 Å². The molecule has 1 aliphatic heterocycles. The number of rotatable bonds is 5. The van der Waals surface area contributed by atoms with Gasteiger partial charge in [0.1, 0.15) is 11.4 Å². The van der Waals surface area contributed by atoms with Gasteiger partial charge in [0.25, 0.3) is 0 Å². The van der Waals surface area contributed by atoms with Gasteiger partial charge in [0.2, 0.25) is 0 Å². The van der Waals surface area contributed by atoms with E-state index in [-0.39, 0.29) is 12.1 Å². The Labute approximate surface area is 174 Å². The van der Waals surface area contributed by atoms with Crippen molar-refractivity contribution < 1.29 is 14.3 Å². The van der Waals surface area contributed by atoms with E-state index in [0.29, 0.717) is 38.7 Å². The summed E-state index contributed by atoms with van der Waals surface area (Å²) >= 11 is 0. The monoisotopic (exact) mass is 405 g/mol. The van der Waals surface area contributed by atoms with Crippen molar-refractivity contribution in [2.75, 3.05) is 53.9 Å². The number of carbonyl (C=O) groups excluding carboxylic acids is 1. The summed E-state index contributed by atoms with van der Waals surface area (Å²) < 4.78 is 10.7. The fourth-order valence-corrected chi connectivity index (χ4v) is 3.12. The lowest BCUT2D eigenvalue weighted by Gasteiger charge is -2.36. The van der Waals surface area contributed by atoms with Crippen molar-refractivity contribution in [2.24, 2.45) is 10.7 Å². The van der Waals surface area contributed by atoms with Gasteiger partial charge >= 0.3 is 6.09 Å².